The van der Waals surface area contributed by atoms with Crippen LogP contribution in [0.4, 0.5) is 0 Å². The Bertz CT molecular complexity index is 1180. The summed E-state index contributed by atoms with van der Waals surface area (Å²) in [5, 5.41) is 10.3. The first-order chi connectivity index (χ1) is 13.7. The van der Waals surface area contributed by atoms with E-state index in [4.69, 9.17) is 9.72 Å². The van der Waals surface area contributed by atoms with Crippen LogP contribution >= 0.6 is 0 Å². The Morgan fingerprint density at radius 2 is 1.61 bits per heavy atom. The van der Waals surface area contributed by atoms with E-state index < -0.39 is 0 Å². The van der Waals surface area contributed by atoms with Crippen molar-refractivity contribution < 1.29 is 9.84 Å². The molecule has 4 heteroatoms. The summed E-state index contributed by atoms with van der Waals surface area (Å²) < 4.78 is 6.13. The van der Waals surface area contributed by atoms with Crippen LogP contribution in [0.1, 0.15) is 16.7 Å². The average Bonchev–Trinajstić information content (AvgIpc) is 2.72. The molecule has 4 nitrogen and oxygen atoms in total. The average molecular weight is 366 g/mol. The number of aromatic hydroxyl groups is 1. The largest absolute Gasteiger partial charge is 0.507 e. The van der Waals surface area contributed by atoms with Crippen LogP contribution in [-0.4, -0.2) is 15.1 Å². The van der Waals surface area contributed by atoms with Gasteiger partial charge in [-0.05, 0) is 30.7 Å². The molecule has 0 bridgehead atoms. The Morgan fingerprint density at radius 3 is 2.43 bits per heavy atom. The Hall–Kier alpha value is -3.66. The van der Waals surface area contributed by atoms with Gasteiger partial charge in [0.1, 0.15) is 11.5 Å². The second-order valence-corrected chi connectivity index (χ2v) is 6.95. The number of ether oxygens (including phenoxy) is 1. The number of nitrogens with zero attached hydrogens (tertiary/aromatic N) is 2. The lowest BCUT2D eigenvalue weighted by molar-refractivity contribution is 0.440. The van der Waals surface area contributed by atoms with Gasteiger partial charge in [-0.2, -0.15) is 4.98 Å². The third kappa shape index (κ3) is 2.79. The van der Waals surface area contributed by atoms with Crippen LogP contribution in [-0.2, 0) is 6.42 Å². The van der Waals surface area contributed by atoms with Crippen LogP contribution < -0.4 is 4.74 Å². The minimum atomic E-state index is 0.147. The van der Waals surface area contributed by atoms with Crippen molar-refractivity contribution in [1.29, 1.82) is 0 Å². The van der Waals surface area contributed by atoms with Crippen molar-refractivity contribution in [2.75, 3.05) is 0 Å². The van der Waals surface area contributed by atoms with Gasteiger partial charge in [-0.1, -0.05) is 60.2 Å². The van der Waals surface area contributed by atoms with Gasteiger partial charge in [-0.15, -0.1) is 0 Å². The van der Waals surface area contributed by atoms with Gasteiger partial charge in [0.2, 0.25) is 5.88 Å². The van der Waals surface area contributed by atoms with Crippen molar-refractivity contribution in [3.8, 4) is 40.0 Å². The Balaban J connectivity index is 1.74. The molecule has 1 N–H and O–H groups in total. The number of aryl methyl sites for hydroxylation is 1. The summed E-state index contributed by atoms with van der Waals surface area (Å²) >= 11 is 0. The van der Waals surface area contributed by atoms with Gasteiger partial charge in [0.05, 0.1) is 11.3 Å². The fraction of sp³-hybridized carbons (Fsp3) is 0.0833. The van der Waals surface area contributed by atoms with Crippen molar-refractivity contribution in [2.24, 2.45) is 0 Å². The number of hydrogen-bond donors (Lipinski definition) is 1. The van der Waals surface area contributed by atoms with Gasteiger partial charge in [0.25, 0.3) is 0 Å². The molecule has 0 unspecified atom stereocenters. The first kappa shape index (κ1) is 16.5. The molecule has 4 aromatic rings. The number of benzene rings is 3. The summed E-state index contributed by atoms with van der Waals surface area (Å²) in [4.78, 5) is 9.49. The minimum absolute atomic E-state index is 0.147. The van der Waals surface area contributed by atoms with E-state index in [1.165, 1.54) is 5.56 Å². The lowest BCUT2D eigenvalue weighted by Gasteiger charge is -2.22. The van der Waals surface area contributed by atoms with E-state index in [2.05, 4.69) is 42.2 Å². The number of aromatic nitrogens is 2. The molecule has 0 saturated heterocycles. The van der Waals surface area contributed by atoms with Crippen molar-refractivity contribution in [3.63, 3.8) is 0 Å². The third-order valence-electron chi connectivity index (χ3n) is 4.99. The maximum absolute atomic E-state index is 10.3. The Kier molecular flexibility index (Phi) is 3.83. The molecular formula is C24H18N2O2. The van der Waals surface area contributed by atoms with Gasteiger partial charge in [-0.25, -0.2) is 4.98 Å². The van der Waals surface area contributed by atoms with Gasteiger partial charge in [0, 0.05) is 17.5 Å². The maximum atomic E-state index is 10.3. The number of hydrogen-bond acceptors (Lipinski definition) is 4. The number of phenols is 1. The van der Waals surface area contributed by atoms with E-state index >= 15 is 0 Å². The molecule has 0 amide bonds. The Morgan fingerprint density at radius 1 is 0.857 bits per heavy atom. The fourth-order valence-corrected chi connectivity index (χ4v) is 3.48. The maximum Gasteiger partial charge on any atom is 0.227 e. The summed E-state index contributed by atoms with van der Waals surface area (Å²) in [6, 6.07) is 23.3. The molecule has 0 atom stereocenters. The Labute approximate surface area is 163 Å². The summed E-state index contributed by atoms with van der Waals surface area (Å²) in [5.41, 5.74) is 5.68. The van der Waals surface area contributed by atoms with Crippen molar-refractivity contribution in [3.05, 3.63) is 89.5 Å². The minimum Gasteiger partial charge on any atom is -0.507 e. The SMILES string of the molecule is Cc1ccc(-c2nc(-c3ccccc3O)nc3c2Cc2ccccc2O3)cc1. The highest BCUT2D eigenvalue weighted by Crippen LogP contribution is 2.41. The summed E-state index contributed by atoms with van der Waals surface area (Å²) in [6.07, 6.45) is 0.704. The van der Waals surface area contributed by atoms with Crippen LogP contribution in [0.2, 0.25) is 0 Å². The summed E-state index contributed by atoms with van der Waals surface area (Å²) in [5.74, 6) is 1.95. The van der Waals surface area contributed by atoms with Crippen LogP contribution in [0, 0.1) is 6.92 Å². The lowest BCUT2D eigenvalue weighted by Crippen LogP contribution is -2.09. The zero-order chi connectivity index (χ0) is 19.1. The lowest BCUT2D eigenvalue weighted by atomic mass is 9.97. The molecular weight excluding hydrogens is 348 g/mol. The van der Waals surface area contributed by atoms with Gasteiger partial charge in [-0.3, -0.25) is 0 Å². The molecule has 1 aliphatic rings. The molecule has 0 saturated carbocycles. The fourth-order valence-electron chi connectivity index (χ4n) is 3.48. The summed E-state index contributed by atoms with van der Waals surface area (Å²) in [6.45, 7) is 2.06. The second-order valence-electron chi connectivity index (χ2n) is 6.95. The standard InChI is InChI=1S/C24H18N2O2/c1-15-10-12-16(13-11-15)22-19-14-17-6-2-5-9-21(17)28-24(19)26-23(25-22)18-7-3-4-8-20(18)27/h2-13,27H,14H2,1H3. The number of rotatable bonds is 2. The molecule has 3 aromatic carbocycles. The van der Waals surface area contributed by atoms with E-state index in [0.29, 0.717) is 23.7 Å². The molecule has 0 spiro atoms. The first-order valence-electron chi connectivity index (χ1n) is 9.21. The van der Waals surface area contributed by atoms with E-state index in [9.17, 15) is 5.11 Å². The van der Waals surface area contributed by atoms with Crippen LogP contribution in [0.5, 0.6) is 17.4 Å². The predicted octanol–water partition coefficient (Wildman–Crippen LogP) is 5.52. The highest BCUT2D eigenvalue weighted by atomic mass is 16.5. The van der Waals surface area contributed by atoms with Gasteiger partial charge in [0.15, 0.2) is 5.82 Å². The molecule has 136 valence electrons. The zero-order valence-electron chi connectivity index (χ0n) is 15.4. The highest BCUT2D eigenvalue weighted by molar-refractivity contribution is 5.73. The van der Waals surface area contributed by atoms with E-state index in [1.807, 2.05) is 30.3 Å². The van der Waals surface area contributed by atoms with E-state index in [1.54, 1.807) is 12.1 Å². The highest BCUT2D eigenvalue weighted by Gasteiger charge is 2.25. The van der Waals surface area contributed by atoms with Crippen LogP contribution in [0.15, 0.2) is 72.8 Å². The summed E-state index contributed by atoms with van der Waals surface area (Å²) in [7, 11) is 0. The van der Waals surface area contributed by atoms with Crippen molar-refractivity contribution >= 4 is 0 Å². The molecule has 0 fully saturated rings. The van der Waals surface area contributed by atoms with Crippen molar-refractivity contribution in [2.45, 2.75) is 13.3 Å². The third-order valence-corrected chi connectivity index (χ3v) is 4.99. The van der Waals surface area contributed by atoms with Crippen molar-refractivity contribution in [1.82, 2.24) is 9.97 Å². The molecule has 0 aliphatic carbocycles. The molecule has 0 radical (unpaired) electrons. The zero-order valence-corrected chi connectivity index (χ0v) is 15.4. The van der Waals surface area contributed by atoms with Gasteiger partial charge >= 0.3 is 0 Å². The van der Waals surface area contributed by atoms with E-state index in [0.717, 1.165) is 28.1 Å². The second kappa shape index (κ2) is 6.50. The molecule has 5 rings (SSSR count). The predicted molar refractivity (Wildman–Crippen MR) is 109 cm³/mol. The molecule has 1 aromatic heterocycles. The normalized spacial score (nSPS) is 12.0. The molecule has 2 heterocycles. The molecule has 1 aliphatic heterocycles. The number of fused-ring (bicyclic) bond motifs is 2. The smallest absolute Gasteiger partial charge is 0.227 e. The monoisotopic (exact) mass is 366 g/mol. The van der Waals surface area contributed by atoms with E-state index in [-0.39, 0.29) is 5.75 Å². The number of phenolic OH excluding ortho intramolecular Hbond substituents is 1. The topological polar surface area (TPSA) is 55.2 Å². The number of para-hydroxylation sites is 2. The van der Waals surface area contributed by atoms with Crippen LogP contribution in [0.3, 0.4) is 0 Å². The van der Waals surface area contributed by atoms with Gasteiger partial charge < -0.3 is 9.84 Å². The quantitative estimate of drug-likeness (QED) is 0.447. The first-order valence-corrected chi connectivity index (χ1v) is 9.21. The molecule has 28 heavy (non-hydrogen) atoms. The van der Waals surface area contributed by atoms with Crippen LogP contribution in [0.25, 0.3) is 22.6 Å².